The molecule has 0 radical (unpaired) electrons. The van der Waals surface area contributed by atoms with E-state index in [0.29, 0.717) is 30.0 Å². The highest BCUT2D eigenvalue weighted by molar-refractivity contribution is 7.99. The Morgan fingerprint density at radius 3 is 2.73 bits per heavy atom. The SMILES string of the molecule is O=C(CC1CSCCN1)NCc1ccccc1S(=O)(=O)N1CCCCC1. The number of nitrogens with zero attached hydrogens (tertiary/aromatic N) is 1. The van der Waals surface area contributed by atoms with E-state index in [2.05, 4.69) is 10.6 Å². The summed E-state index contributed by atoms with van der Waals surface area (Å²) in [5.41, 5.74) is 0.650. The Labute approximate surface area is 160 Å². The van der Waals surface area contributed by atoms with E-state index >= 15 is 0 Å². The fourth-order valence-corrected chi connectivity index (χ4v) is 6.07. The van der Waals surface area contributed by atoms with Crippen LogP contribution in [-0.2, 0) is 21.4 Å². The van der Waals surface area contributed by atoms with Crippen LogP contribution in [0, 0.1) is 0 Å². The van der Waals surface area contributed by atoms with Gasteiger partial charge in [-0.05, 0) is 24.5 Å². The Bertz CT molecular complexity index is 712. The number of hydrogen-bond donors (Lipinski definition) is 2. The molecule has 26 heavy (non-hydrogen) atoms. The molecule has 3 rings (SSSR count). The van der Waals surface area contributed by atoms with Crippen LogP contribution in [0.2, 0.25) is 0 Å². The summed E-state index contributed by atoms with van der Waals surface area (Å²) in [6.45, 7) is 2.32. The number of nitrogens with one attached hydrogen (secondary N) is 2. The first kappa shape index (κ1) is 19.7. The van der Waals surface area contributed by atoms with E-state index in [4.69, 9.17) is 0 Å². The molecular formula is C18H27N3O3S2. The molecule has 2 heterocycles. The van der Waals surface area contributed by atoms with Crippen LogP contribution in [-0.4, -0.2) is 55.8 Å². The summed E-state index contributed by atoms with van der Waals surface area (Å²) in [4.78, 5) is 12.5. The Morgan fingerprint density at radius 1 is 1.23 bits per heavy atom. The van der Waals surface area contributed by atoms with Gasteiger partial charge in [0, 0.05) is 50.1 Å². The molecule has 2 aliphatic heterocycles. The van der Waals surface area contributed by atoms with Crippen LogP contribution in [0.4, 0.5) is 0 Å². The summed E-state index contributed by atoms with van der Waals surface area (Å²) in [5.74, 6) is 1.97. The molecule has 0 saturated carbocycles. The average Bonchev–Trinajstić information content (AvgIpc) is 2.68. The first-order chi connectivity index (χ1) is 12.6. The van der Waals surface area contributed by atoms with Gasteiger partial charge in [0.25, 0.3) is 0 Å². The maximum absolute atomic E-state index is 13.0. The number of rotatable bonds is 6. The fraction of sp³-hybridized carbons (Fsp3) is 0.611. The lowest BCUT2D eigenvalue weighted by Crippen LogP contribution is -2.41. The van der Waals surface area contributed by atoms with Crippen molar-refractivity contribution in [3.63, 3.8) is 0 Å². The molecule has 2 aliphatic rings. The summed E-state index contributed by atoms with van der Waals surface area (Å²) >= 11 is 1.85. The van der Waals surface area contributed by atoms with E-state index in [0.717, 1.165) is 37.3 Å². The lowest BCUT2D eigenvalue weighted by molar-refractivity contribution is -0.121. The van der Waals surface area contributed by atoms with Crippen LogP contribution in [0.25, 0.3) is 0 Å². The van der Waals surface area contributed by atoms with Gasteiger partial charge in [-0.3, -0.25) is 4.79 Å². The van der Waals surface area contributed by atoms with Crippen molar-refractivity contribution >= 4 is 27.7 Å². The van der Waals surface area contributed by atoms with Crippen molar-refractivity contribution < 1.29 is 13.2 Å². The van der Waals surface area contributed by atoms with E-state index in [1.54, 1.807) is 22.5 Å². The third kappa shape index (κ3) is 5.00. The molecule has 1 unspecified atom stereocenters. The van der Waals surface area contributed by atoms with Crippen LogP contribution in [0.15, 0.2) is 29.2 Å². The largest absolute Gasteiger partial charge is 0.352 e. The van der Waals surface area contributed by atoms with Crippen molar-refractivity contribution in [2.75, 3.05) is 31.1 Å². The van der Waals surface area contributed by atoms with Gasteiger partial charge in [-0.15, -0.1) is 0 Å². The highest BCUT2D eigenvalue weighted by Gasteiger charge is 2.28. The van der Waals surface area contributed by atoms with Gasteiger partial charge in [-0.2, -0.15) is 16.1 Å². The molecule has 1 aromatic rings. The smallest absolute Gasteiger partial charge is 0.243 e. The molecule has 0 spiro atoms. The van der Waals surface area contributed by atoms with Crippen LogP contribution < -0.4 is 10.6 Å². The van der Waals surface area contributed by atoms with Crippen LogP contribution in [0.1, 0.15) is 31.2 Å². The van der Waals surface area contributed by atoms with Gasteiger partial charge in [0.2, 0.25) is 15.9 Å². The van der Waals surface area contributed by atoms with Crippen LogP contribution >= 0.6 is 11.8 Å². The number of carbonyl (C=O) groups excluding carboxylic acids is 1. The van der Waals surface area contributed by atoms with E-state index in [1.807, 2.05) is 17.8 Å². The second-order valence-corrected chi connectivity index (χ2v) is 9.84. The Balaban J connectivity index is 1.64. The van der Waals surface area contributed by atoms with E-state index < -0.39 is 10.0 Å². The molecule has 8 heteroatoms. The number of piperidine rings is 1. The third-order valence-corrected chi connectivity index (χ3v) is 7.94. The maximum Gasteiger partial charge on any atom is 0.243 e. The van der Waals surface area contributed by atoms with Gasteiger partial charge in [0.05, 0.1) is 4.90 Å². The lowest BCUT2D eigenvalue weighted by atomic mass is 10.2. The topological polar surface area (TPSA) is 78.5 Å². The molecule has 1 aromatic carbocycles. The Morgan fingerprint density at radius 2 is 2.00 bits per heavy atom. The van der Waals surface area contributed by atoms with Crippen molar-refractivity contribution in [3.8, 4) is 0 Å². The zero-order valence-corrected chi connectivity index (χ0v) is 16.6. The molecule has 1 amide bonds. The zero-order valence-electron chi connectivity index (χ0n) is 14.9. The second-order valence-electron chi connectivity index (χ2n) is 6.78. The molecule has 6 nitrogen and oxygen atoms in total. The molecule has 1 atom stereocenters. The van der Waals surface area contributed by atoms with Crippen molar-refractivity contribution in [1.29, 1.82) is 0 Å². The van der Waals surface area contributed by atoms with Gasteiger partial charge < -0.3 is 10.6 Å². The predicted molar refractivity (Wildman–Crippen MR) is 105 cm³/mol. The number of thioether (sulfide) groups is 1. The first-order valence-corrected chi connectivity index (χ1v) is 11.8. The molecule has 0 bridgehead atoms. The summed E-state index contributed by atoms with van der Waals surface area (Å²) < 4.78 is 27.5. The zero-order chi connectivity index (χ0) is 18.4. The van der Waals surface area contributed by atoms with Gasteiger partial charge in [-0.1, -0.05) is 24.6 Å². The summed E-state index contributed by atoms with van der Waals surface area (Å²) in [6, 6.07) is 7.18. The standard InChI is InChI=1S/C18H27N3O3S2/c22-18(12-16-14-25-11-8-19-16)20-13-15-6-2-3-7-17(15)26(23,24)21-9-4-1-5-10-21/h2-3,6-7,16,19H,1,4-5,8-14H2,(H,20,22). The monoisotopic (exact) mass is 397 g/mol. The van der Waals surface area contributed by atoms with E-state index in [9.17, 15) is 13.2 Å². The van der Waals surface area contributed by atoms with E-state index in [-0.39, 0.29) is 18.5 Å². The maximum atomic E-state index is 13.0. The highest BCUT2D eigenvalue weighted by Crippen LogP contribution is 2.23. The normalized spacial score (nSPS) is 22.1. The van der Waals surface area contributed by atoms with Crippen molar-refractivity contribution in [1.82, 2.24) is 14.9 Å². The molecule has 2 fully saturated rings. The minimum absolute atomic E-state index is 0.0461. The molecule has 2 N–H and O–H groups in total. The van der Waals surface area contributed by atoms with Crippen LogP contribution in [0.5, 0.6) is 0 Å². The summed E-state index contributed by atoms with van der Waals surface area (Å²) in [7, 11) is -3.50. The quantitative estimate of drug-likeness (QED) is 0.762. The minimum Gasteiger partial charge on any atom is -0.352 e. The fourth-order valence-electron chi connectivity index (χ4n) is 3.39. The predicted octanol–water partition coefficient (Wildman–Crippen LogP) is 1.57. The number of sulfonamides is 1. The Kier molecular flexibility index (Phi) is 6.97. The molecule has 144 valence electrons. The van der Waals surface area contributed by atoms with E-state index in [1.165, 1.54) is 0 Å². The van der Waals surface area contributed by atoms with Gasteiger partial charge in [0.1, 0.15) is 0 Å². The average molecular weight is 398 g/mol. The van der Waals surface area contributed by atoms with Crippen molar-refractivity contribution in [3.05, 3.63) is 29.8 Å². The van der Waals surface area contributed by atoms with Crippen molar-refractivity contribution in [2.24, 2.45) is 0 Å². The van der Waals surface area contributed by atoms with Crippen LogP contribution in [0.3, 0.4) is 0 Å². The number of hydrogen-bond acceptors (Lipinski definition) is 5. The lowest BCUT2D eigenvalue weighted by Gasteiger charge is -2.27. The minimum atomic E-state index is -3.50. The summed E-state index contributed by atoms with van der Waals surface area (Å²) in [5, 5.41) is 6.23. The first-order valence-electron chi connectivity index (χ1n) is 9.23. The summed E-state index contributed by atoms with van der Waals surface area (Å²) in [6.07, 6.45) is 3.32. The Hall–Kier alpha value is -1.09. The molecular weight excluding hydrogens is 370 g/mol. The van der Waals surface area contributed by atoms with Gasteiger partial charge in [-0.25, -0.2) is 8.42 Å². The van der Waals surface area contributed by atoms with Gasteiger partial charge >= 0.3 is 0 Å². The number of benzene rings is 1. The number of amides is 1. The second kappa shape index (κ2) is 9.21. The van der Waals surface area contributed by atoms with Gasteiger partial charge in [0.15, 0.2) is 0 Å². The molecule has 2 saturated heterocycles. The number of carbonyl (C=O) groups is 1. The molecule has 0 aromatic heterocycles. The molecule has 0 aliphatic carbocycles. The highest BCUT2D eigenvalue weighted by atomic mass is 32.2. The third-order valence-electron chi connectivity index (χ3n) is 4.81. The van der Waals surface area contributed by atoms with Crippen molar-refractivity contribution in [2.45, 2.75) is 43.2 Å².